The molecule has 3 aliphatic rings. The fourth-order valence-corrected chi connectivity index (χ4v) is 5.26. The van der Waals surface area contributed by atoms with Gasteiger partial charge in [0.1, 0.15) is 6.10 Å². The molecule has 5 heteroatoms. The van der Waals surface area contributed by atoms with Crippen LogP contribution in [0.5, 0.6) is 0 Å². The second kappa shape index (κ2) is 7.51. The van der Waals surface area contributed by atoms with Gasteiger partial charge in [0.05, 0.1) is 5.60 Å². The lowest BCUT2D eigenvalue weighted by Gasteiger charge is -2.44. The summed E-state index contributed by atoms with van der Waals surface area (Å²) in [7, 11) is 0. The third kappa shape index (κ3) is 3.57. The molecule has 0 unspecified atom stereocenters. The molecule has 3 atom stereocenters. The number of carbonyl (C=O) groups is 2. The van der Waals surface area contributed by atoms with Gasteiger partial charge in [-0.1, -0.05) is 24.1 Å². The van der Waals surface area contributed by atoms with E-state index in [2.05, 4.69) is 13.0 Å². The second-order valence-corrected chi connectivity index (χ2v) is 9.02. The van der Waals surface area contributed by atoms with Crippen molar-refractivity contribution in [3.63, 3.8) is 0 Å². The third-order valence-electron chi connectivity index (χ3n) is 6.85. The quantitative estimate of drug-likeness (QED) is 0.786. The van der Waals surface area contributed by atoms with Gasteiger partial charge in [-0.3, -0.25) is 9.59 Å². The zero-order valence-electron chi connectivity index (χ0n) is 17.4. The van der Waals surface area contributed by atoms with Crippen molar-refractivity contribution < 1.29 is 14.3 Å². The average Bonchev–Trinajstić information content (AvgIpc) is 3.33. The van der Waals surface area contributed by atoms with Crippen LogP contribution in [0.4, 0.5) is 0 Å². The smallest absolute Gasteiger partial charge is 0.253 e. The molecule has 1 spiro atoms. The Kier molecular flexibility index (Phi) is 5.21. The van der Waals surface area contributed by atoms with E-state index in [1.54, 1.807) is 0 Å². The number of ether oxygens (including phenoxy) is 1. The van der Waals surface area contributed by atoms with Crippen LogP contribution >= 0.6 is 0 Å². The summed E-state index contributed by atoms with van der Waals surface area (Å²) in [4.78, 5) is 29.7. The molecule has 0 N–H and O–H groups in total. The van der Waals surface area contributed by atoms with E-state index in [9.17, 15) is 9.59 Å². The van der Waals surface area contributed by atoms with E-state index in [1.807, 2.05) is 35.8 Å². The monoisotopic (exact) mass is 384 g/mol. The Morgan fingerprint density at radius 3 is 2.32 bits per heavy atom. The van der Waals surface area contributed by atoms with Crippen molar-refractivity contribution in [2.24, 2.45) is 5.92 Å². The molecule has 3 aliphatic heterocycles. The fourth-order valence-electron chi connectivity index (χ4n) is 5.26. The van der Waals surface area contributed by atoms with E-state index < -0.39 is 0 Å². The molecule has 28 heavy (non-hydrogen) atoms. The molecule has 152 valence electrons. The van der Waals surface area contributed by atoms with Gasteiger partial charge in [0.2, 0.25) is 0 Å². The van der Waals surface area contributed by atoms with Crippen LogP contribution in [0.2, 0.25) is 0 Å². The van der Waals surface area contributed by atoms with E-state index in [1.165, 1.54) is 0 Å². The van der Waals surface area contributed by atoms with Gasteiger partial charge in [-0.05, 0) is 58.1 Å². The number of nitrogens with zero attached hydrogens (tertiary/aromatic N) is 2. The number of aryl methyl sites for hydroxylation is 2. The molecule has 0 bridgehead atoms. The summed E-state index contributed by atoms with van der Waals surface area (Å²) in [6.45, 7) is 9.36. The van der Waals surface area contributed by atoms with E-state index in [-0.39, 0.29) is 29.4 Å². The van der Waals surface area contributed by atoms with Crippen molar-refractivity contribution in [1.29, 1.82) is 0 Å². The number of hydrogen-bond acceptors (Lipinski definition) is 3. The maximum Gasteiger partial charge on any atom is 0.253 e. The first-order chi connectivity index (χ1) is 13.4. The Balaban J connectivity index is 1.41. The average molecular weight is 385 g/mol. The van der Waals surface area contributed by atoms with E-state index in [0.717, 1.165) is 61.9 Å². The van der Waals surface area contributed by atoms with E-state index in [0.29, 0.717) is 13.1 Å². The lowest BCUT2D eigenvalue weighted by molar-refractivity contribution is -0.154. The second-order valence-electron chi connectivity index (χ2n) is 9.02. The maximum absolute atomic E-state index is 13.0. The van der Waals surface area contributed by atoms with Gasteiger partial charge in [0, 0.05) is 37.7 Å². The highest BCUT2D eigenvalue weighted by Crippen LogP contribution is 2.43. The summed E-state index contributed by atoms with van der Waals surface area (Å²) in [5, 5.41) is 0. The predicted octanol–water partition coefficient (Wildman–Crippen LogP) is 3.33. The molecule has 4 rings (SSSR count). The van der Waals surface area contributed by atoms with Crippen molar-refractivity contribution in [2.45, 2.75) is 64.6 Å². The van der Waals surface area contributed by atoms with Crippen LogP contribution in [0.25, 0.3) is 0 Å². The number of amides is 2. The minimum atomic E-state index is -0.290. The number of likely N-dealkylation sites (tertiary alicyclic amines) is 2. The molecule has 5 nitrogen and oxygen atoms in total. The Labute approximate surface area is 168 Å². The molecule has 0 radical (unpaired) electrons. The van der Waals surface area contributed by atoms with Gasteiger partial charge in [0.15, 0.2) is 0 Å². The Morgan fingerprint density at radius 1 is 1.00 bits per heavy atom. The van der Waals surface area contributed by atoms with Crippen LogP contribution in [0, 0.1) is 19.8 Å². The van der Waals surface area contributed by atoms with Crippen LogP contribution in [0.15, 0.2) is 18.2 Å². The number of piperidine rings is 1. The lowest BCUT2D eigenvalue weighted by Crippen LogP contribution is -2.53. The van der Waals surface area contributed by atoms with Crippen molar-refractivity contribution in [1.82, 2.24) is 9.80 Å². The molecule has 0 aromatic heterocycles. The van der Waals surface area contributed by atoms with Gasteiger partial charge in [-0.15, -0.1) is 0 Å². The highest BCUT2D eigenvalue weighted by molar-refractivity contribution is 5.94. The van der Waals surface area contributed by atoms with Gasteiger partial charge in [0.25, 0.3) is 11.8 Å². The molecule has 1 aromatic rings. The van der Waals surface area contributed by atoms with Gasteiger partial charge >= 0.3 is 0 Å². The van der Waals surface area contributed by atoms with E-state index >= 15 is 0 Å². The van der Waals surface area contributed by atoms with Crippen molar-refractivity contribution >= 4 is 11.8 Å². The summed E-state index contributed by atoms with van der Waals surface area (Å²) in [5.74, 6) is 0.513. The summed E-state index contributed by atoms with van der Waals surface area (Å²) in [5.41, 5.74) is 2.76. The lowest BCUT2D eigenvalue weighted by atomic mass is 9.80. The standard InChI is InChI=1S/C23H32N2O3/c1-16-12-17(2)14-19(13-16)21(26)25-11-8-23(18(3)15-25)7-6-20(28-23)22(27)24-9-4-5-10-24/h12-14,18,20H,4-11,15H2,1-3H3/t18-,20+,23+/m0/s1. The Bertz CT molecular complexity index is 751. The SMILES string of the molecule is Cc1cc(C)cc(C(=O)N2CC[C@]3(CC[C@H](C(=O)N4CCCC4)O3)[C@@H](C)C2)c1. The van der Waals surface area contributed by atoms with Gasteiger partial charge in [-0.25, -0.2) is 0 Å². The van der Waals surface area contributed by atoms with Crippen LogP contribution in [0.3, 0.4) is 0 Å². The van der Waals surface area contributed by atoms with E-state index in [4.69, 9.17) is 4.74 Å². The topological polar surface area (TPSA) is 49.9 Å². The normalized spacial score (nSPS) is 30.2. The van der Waals surface area contributed by atoms with Crippen LogP contribution in [-0.2, 0) is 9.53 Å². The van der Waals surface area contributed by atoms with Crippen molar-refractivity contribution in [2.75, 3.05) is 26.2 Å². The van der Waals surface area contributed by atoms with Crippen molar-refractivity contribution in [3.05, 3.63) is 34.9 Å². The molecule has 1 aromatic carbocycles. The highest BCUT2D eigenvalue weighted by Gasteiger charge is 2.50. The zero-order chi connectivity index (χ0) is 19.9. The van der Waals surface area contributed by atoms with Crippen LogP contribution < -0.4 is 0 Å². The Morgan fingerprint density at radius 2 is 1.68 bits per heavy atom. The Hall–Kier alpha value is -1.88. The highest BCUT2D eigenvalue weighted by atomic mass is 16.5. The van der Waals surface area contributed by atoms with Gasteiger partial charge in [-0.2, -0.15) is 0 Å². The minimum Gasteiger partial charge on any atom is -0.362 e. The first-order valence-electron chi connectivity index (χ1n) is 10.7. The van der Waals surface area contributed by atoms with Gasteiger partial charge < -0.3 is 14.5 Å². The predicted molar refractivity (Wildman–Crippen MR) is 108 cm³/mol. The molecule has 3 saturated heterocycles. The minimum absolute atomic E-state index is 0.108. The number of hydrogen-bond donors (Lipinski definition) is 0. The van der Waals surface area contributed by atoms with Crippen LogP contribution in [-0.4, -0.2) is 59.5 Å². The molecule has 0 aliphatic carbocycles. The first-order valence-corrected chi connectivity index (χ1v) is 10.7. The maximum atomic E-state index is 13.0. The first kappa shape index (κ1) is 19.4. The molecule has 2 amide bonds. The largest absolute Gasteiger partial charge is 0.362 e. The molecular weight excluding hydrogens is 352 g/mol. The zero-order valence-corrected chi connectivity index (χ0v) is 17.4. The number of benzene rings is 1. The molecular formula is C23H32N2O3. The van der Waals surface area contributed by atoms with Crippen LogP contribution in [0.1, 0.15) is 60.5 Å². The molecule has 3 heterocycles. The number of rotatable bonds is 2. The summed E-state index contributed by atoms with van der Waals surface area (Å²) in [6.07, 6.45) is 4.47. The molecule has 0 saturated carbocycles. The fraction of sp³-hybridized carbons (Fsp3) is 0.652. The summed E-state index contributed by atoms with van der Waals surface area (Å²) >= 11 is 0. The summed E-state index contributed by atoms with van der Waals surface area (Å²) < 4.78 is 6.42. The number of carbonyl (C=O) groups excluding carboxylic acids is 2. The van der Waals surface area contributed by atoms with Crippen molar-refractivity contribution in [3.8, 4) is 0 Å². The third-order valence-corrected chi connectivity index (χ3v) is 6.85. The summed E-state index contributed by atoms with van der Waals surface area (Å²) in [6, 6.07) is 6.04. The molecule has 3 fully saturated rings.